The molecule has 1 aromatic carbocycles. The Morgan fingerprint density at radius 3 is 2.58 bits per heavy atom. The molecule has 0 radical (unpaired) electrons. The first-order chi connectivity index (χ1) is 37.5. The van der Waals surface area contributed by atoms with Gasteiger partial charge < -0.3 is 74.9 Å². The number of nitrogens with one attached hydrogen (secondary N) is 2. The molecule has 0 amide bonds. The van der Waals surface area contributed by atoms with Gasteiger partial charge in [-0.15, -0.1) is 0 Å². The molecule has 78 heavy (non-hydrogen) atoms. The predicted octanol–water partition coefficient (Wildman–Crippen LogP) is 6.72. The van der Waals surface area contributed by atoms with Gasteiger partial charge in [-0.25, -0.2) is 0 Å². The van der Waals surface area contributed by atoms with Crippen LogP contribution >= 0.6 is 21.6 Å². The van der Waals surface area contributed by atoms with Crippen molar-refractivity contribution in [1.82, 2.24) is 10.6 Å². The quantitative estimate of drug-likeness (QED) is 0.0568. The van der Waals surface area contributed by atoms with Gasteiger partial charge in [0.2, 0.25) is 12.0 Å². The number of allylic oxidation sites excluding steroid dienone is 1. The van der Waals surface area contributed by atoms with Gasteiger partial charge in [-0.05, 0) is 176 Å². The van der Waals surface area contributed by atoms with E-state index < -0.39 is 82.1 Å². The number of ether oxygens (including phenoxy) is 4. The molecule has 10 N–H and O–H groups in total. The molecule has 1 aromatic heterocycles. The van der Waals surface area contributed by atoms with Crippen LogP contribution in [0.5, 0.6) is 11.5 Å². The first kappa shape index (κ1) is 59.0. The summed E-state index contributed by atoms with van der Waals surface area (Å²) in [4.78, 5) is 13.1. The van der Waals surface area contributed by atoms with E-state index in [0.29, 0.717) is 47.8 Å². The smallest absolute Gasteiger partial charge is 0.306 e. The Kier molecular flexibility index (Phi) is 18.3. The number of carbonyl (C=O) groups excluding carboxylic acids is 1. The van der Waals surface area contributed by atoms with Crippen LogP contribution in [0, 0.1) is 46.8 Å². The van der Waals surface area contributed by atoms with Crippen molar-refractivity contribution in [3.05, 3.63) is 36.1 Å². The third-order valence-corrected chi connectivity index (χ3v) is 24.4. The fourth-order valence-corrected chi connectivity index (χ4v) is 21.5. The van der Waals surface area contributed by atoms with E-state index in [-0.39, 0.29) is 86.0 Å². The molecule has 18 heteroatoms. The molecular weight excluding hydrogens is 1040 g/mol. The maximum atomic E-state index is 13.8. The van der Waals surface area contributed by atoms with E-state index in [1.54, 1.807) is 42.2 Å². The van der Waals surface area contributed by atoms with Gasteiger partial charge in [0.15, 0.2) is 16.9 Å². The first-order valence-electron chi connectivity index (χ1n) is 30.0. The second-order valence-electron chi connectivity index (χ2n) is 25.6. The summed E-state index contributed by atoms with van der Waals surface area (Å²) in [6, 6.07) is 3.61. The summed E-state index contributed by atoms with van der Waals surface area (Å²) >= 11 is 0. The zero-order valence-electron chi connectivity index (χ0n) is 46.5. The Bertz CT molecular complexity index is 2400. The highest BCUT2D eigenvalue weighted by atomic mass is 33.1. The summed E-state index contributed by atoms with van der Waals surface area (Å²) in [6.07, 6.45) is 13.7. The van der Waals surface area contributed by atoms with E-state index in [9.17, 15) is 45.6 Å². The Labute approximate surface area is 469 Å². The average Bonchev–Trinajstić information content (AvgIpc) is 2.37. The van der Waals surface area contributed by atoms with Crippen LogP contribution in [0.15, 0.2) is 35.0 Å². The second kappa shape index (κ2) is 24.2. The van der Waals surface area contributed by atoms with Crippen LogP contribution in [0.2, 0.25) is 0 Å². The third kappa shape index (κ3) is 10.8. The number of aliphatic hydroxyl groups is 8. The lowest BCUT2D eigenvalue weighted by Crippen LogP contribution is -2.86. The van der Waals surface area contributed by atoms with Crippen molar-refractivity contribution in [2.75, 3.05) is 52.3 Å². The van der Waals surface area contributed by atoms with Crippen molar-refractivity contribution < 1.29 is 69.0 Å². The molecule has 2 saturated heterocycles. The molecular formula is C60H92N2O14S2. The molecule has 5 bridgehead atoms. The van der Waals surface area contributed by atoms with Gasteiger partial charge in [0, 0.05) is 59.9 Å². The Balaban J connectivity index is 1.14. The zero-order chi connectivity index (χ0) is 55.1. The van der Waals surface area contributed by atoms with E-state index in [0.717, 1.165) is 103 Å². The topological polar surface area (TPSA) is 253 Å². The Hall–Kier alpha value is -2.17. The number of aryl methyl sites for hydroxylation is 1. The first-order valence-corrected chi connectivity index (χ1v) is 32.3. The zero-order valence-corrected chi connectivity index (χ0v) is 48.1. The van der Waals surface area contributed by atoms with Crippen LogP contribution in [-0.2, 0) is 20.7 Å². The fraction of sp³-hybridized carbons (Fsp3) is 0.817. The van der Waals surface area contributed by atoms with E-state index in [1.165, 1.54) is 0 Å². The summed E-state index contributed by atoms with van der Waals surface area (Å²) in [5.41, 5.74) is -6.72. The number of furan rings is 1. The summed E-state index contributed by atoms with van der Waals surface area (Å²) in [5, 5.41) is 107. The fourth-order valence-electron chi connectivity index (χ4n) is 17.2. The number of hydrogen-bond donors (Lipinski definition) is 10. The van der Waals surface area contributed by atoms with Crippen molar-refractivity contribution in [3.63, 3.8) is 0 Å². The summed E-state index contributed by atoms with van der Waals surface area (Å²) in [7, 11) is 5.41. The third-order valence-electron chi connectivity index (χ3n) is 21.0. The maximum absolute atomic E-state index is 13.8. The van der Waals surface area contributed by atoms with Crippen molar-refractivity contribution in [3.8, 4) is 11.5 Å². The number of esters is 1. The van der Waals surface area contributed by atoms with Crippen LogP contribution in [-0.4, -0.2) is 157 Å². The van der Waals surface area contributed by atoms with Gasteiger partial charge in [0.05, 0.1) is 30.7 Å². The average molecular weight is 1130 g/mol. The number of rotatable bonds is 13. The minimum absolute atomic E-state index is 0.000965. The molecule has 18 atom stereocenters. The van der Waals surface area contributed by atoms with Crippen LogP contribution in [0.4, 0.5) is 0 Å². The molecule has 5 aliphatic carbocycles. The molecule has 3 spiro atoms. The molecule has 10 rings (SSSR count). The van der Waals surface area contributed by atoms with E-state index in [2.05, 4.69) is 17.6 Å². The Morgan fingerprint density at radius 1 is 0.936 bits per heavy atom. The van der Waals surface area contributed by atoms with Gasteiger partial charge in [0.25, 0.3) is 0 Å². The predicted molar refractivity (Wildman–Crippen MR) is 300 cm³/mol. The van der Waals surface area contributed by atoms with Gasteiger partial charge in [-0.2, -0.15) is 0 Å². The molecule has 4 saturated carbocycles. The highest BCUT2D eigenvalue weighted by Gasteiger charge is 2.78. The number of aliphatic hydroxyl groups excluding tert-OH is 5. The van der Waals surface area contributed by atoms with Crippen LogP contribution < -0.4 is 20.1 Å². The summed E-state index contributed by atoms with van der Waals surface area (Å²) < 4.78 is 32.6. The number of fused-ring (bicyclic) bond motifs is 11. The van der Waals surface area contributed by atoms with Crippen molar-refractivity contribution in [1.29, 1.82) is 0 Å². The minimum Gasteiger partial charge on any atom is -0.485 e. The largest absolute Gasteiger partial charge is 0.485 e. The molecule has 4 heterocycles. The monoisotopic (exact) mass is 1130 g/mol. The van der Waals surface area contributed by atoms with Crippen LogP contribution in [0.3, 0.4) is 0 Å². The number of hydrogen-bond acceptors (Lipinski definition) is 18. The second-order valence-corrected chi connectivity index (χ2v) is 28.2. The lowest BCUT2D eigenvalue weighted by molar-refractivity contribution is -0.424. The molecule has 18 unspecified atom stereocenters. The van der Waals surface area contributed by atoms with Crippen molar-refractivity contribution in [2.24, 2.45) is 46.8 Å². The molecule has 16 nitrogen and oxygen atoms in total. The highest BCUT2D eigenvalue weighted by molar-refractivity contribution is 8.77. The Morgan fingerprint density at radius 2 is 1.78 bits per heavy atom. The highest BCUT2D eigenvalue weighted by Crippen LogP contribution is 2.69. The summed E-state index contributed by atoms with van der Waals surface area (Å²) in [6.45, 7) is 5.36. The molecule has 2 aromatic rings. The molecule has 438 valence electrons. The van der Waals surface area contributed by atoms with Gasteiger partial charge >= 0.3 is 5.97 Å². The van der Waals surface area contributed by atoms with Crippen LogP contribution in [0.1, 0.15) is 148 Å². The minimum atomic E-state index is -2.50. The number of carbonyl (C=O) groups is 1. The SMILES string of the molecule is CCOC(=O)CCc1cc2ccoc2c2c1OC1OC3(CSSC4(CCC5(CCC(CNC)C5)C4CCC4(O)CCCC(CCCO)C4)C(CCC(C)CCCC3O)NCCO2)C2(O)CC3C=CC(O)C(CO)C3C1(O)C2O. The van der Waals surface area contributed by atoms with Gasteiger partial charge in [-0.3, -0.25) is 4.79 Å². The molecule has 6 fully saturated rings. The van der Waals surface area contributed by atoms with Crippen LogP contribution in [0.25, 0.3) is 11.0 Å². The summed E-state index contributed by atoms with van der Waals surface area (Å²) in [5.74, 6) is -1.63. The maximum Gasteiger partial charge on any atom is 0.306 e. The molecule has 8 aliphatic rings. The lowest BCUT2D eigenvalue weighted by Gasteiger charge is -2.67. The number of benzene rings is 1. The van der Waals surface area contributed by atoms with Crippen molar-refractivity contribution >= 4 is 38.5 Å². The molecule has 3 aliphatic heterocycles. The van der Waals surface area contributed by atoms with Gasteiger partial charge in [0.1, 0.15) is 23.9 Å². The van der Waals surface area contributed by atoms with Crippen molar-refractivity contribution in [2.45, 2.75) is 206 Å². The lowest BCUT2D eigenvalue weighted by atomic mass is 9.50. The van der Waals surface area contributed by atoms with Gasteiger partial charge in [-0.1, -0.05) is 66.3 Å². The normalized spacial score (nSPS) is 43.0. The van der Waals surface area contributed by atoms with E-state index in [4.69, 9.17) is 23.4 Å². The van der Waals surface area contributed by atoms with E-state index >= 15 is 0 Å². The van der Waals surface area contributed by atoms with E-state index in [1.807, 2.05) is 23.9 Å². The standard InChI is InChI=1S/C60H92N2O14S2/c1-4-72-48(67)17-14-40-30-41-20-28-73-50(41)52-51(40)75-54-60(71)49-42(13-15-44(65)43(49)35-64)33-58(70,53(60)68)59(76-54)36-77-78-57(46(62-26-29-74-52)16-12-37(2)8-5-11-47(59)66)25-24-55(22-18-39(31-55)34-61-3)45(57)19-23-56(69)21-6-9-38(32-56)10-7-27-63/h13,15,20,28,30,37-39,42-47,49,53-54,61-66,68-71H,4-12,14,16-19,21-27,29,31-36H2,1-3H3.